The second kappa shape index (κ2) is 10.2. The second-order valence-electron chi connectivity index (χ2n) is 8.70. The Morgan fingerprint density at radius 2 is 1.97 bits per heavy atom. The highest BCUT2D eigenvalue weighted by atomic mass is 32.2. The molecule has 6 nitrogen and oxygen atoms in total. The van der Waals surface area contributed by atoms with Gasteiger partial charge < -0.3 is 10.2 Å². The lowest BCUT2D eigenvalue weighted by atomic mass is 10.0. The van der Waals surface area contributed by atoms with E-state index in [0.717, 1.165) is 36.5 Å². The monoisotopic (exact) mass is 501 g/mol. The number of aromatic nitrogens is 2. The molecule has 0 aliphatic carbocycles. The summed E-state index contributed by atoms with van der Waals surface area (Å²) in [5.74, 6) is -0.292. The van der Waals surface area contributed by atoms with Crippen LogP contribution in [0.15, 0.2) is 52.5 Å². The summed E-state index contributed by atoms with van der Waals surface area (Å²) in [7, 11) is 4.02. The number of aliphatic imine (C=N–C) groups is 1. The van der Waals surface area contributed by atoms with Crippen LogP contribution in [0.4, 0.5) is 13.2 Å². The molecule has 1 aliphatic rings. The van der Waals surface area contributed by atoms with Crippen molar-refractivity contribution in [1.82, 2.24) is 20.0 Å². The van der Waals surface area contributed by atoms with Gasteiger partial charge in [0.15, 0.2) is 5.17 Å². The minimum atomic E-state index is -4.43. The Bertz CT molecular complexity index is 1310. The number of hydrogen-bond donors (Lipinski definition) is 1. The van der Waals surface area contributed by atoms with Crippen molar-refractivity contribution in [3.8, 4) is 0 Å². The molecular weight excluding hydrogens is 475 g/mol. The number of nitrogens with one attached hydrogen (secondary N) is 1. The summed E-state index contributed by atoms with van der Waals surface area (Å²) in [5, 5.41) is 8.87. The van der Waals surface area contributed by atoms with Crippen molar-refractivity contribution in [2.75, 3.05) is 27.2 Å². The minimum absolute atomic E-state index is 0.00406. The van der Waals surface area contributed by atoms with Crippen LogP contribution in [-0.4, -0.2) is 52.9 Å². The van der Waals surface area contributed by atoms with Crippen molar-refractivity contribution >= 4 is 39.8 Å². The fourth-order valence-electron chi connectivity index (χ4n) is 3.80. The summed E-state index contributed by atoms with van der Waals surface area (Å²) in [6, 6.07) is 9.83. The molecule has 1 amide bonds. The van der Waals surface area contributed by atoms with Crippen molar-refractivity contribution in [2.45, 2.75) is 26.1 Å². The molecule has 0 radical (unpaired) electrons. The second-order valence-corrected chi connectivity index (χ2v) is 9.73. The van der Waals surface area contributed by atoms with Gasteiger partial charge in [-0.05, 0) is 81.1 Å². The largest absolute Gasteiger partial charge is 0.416 e. The summed E-state index contributed by atoms with van der Waals surface area (Å²) in [6.07, 6.45) is -0.106. The van der Waals surface area contributed by atoms with Crippen molar-refractivity contribution in [3.05, 3.63) is 69.8 Å². The van der Waals surface area contributed by atoms with Gasteiger partial charge in [0.05, 0.1) is 28.7 Å². The Hall–Kier alpha value is -3.11. The van der Waals surface area contributed by atoms with Crippen LogP contribution in [-0.2, 0) is 17.5 Å². The summed E-state index contributed by atoms with van der Waals surface area (Å²) in [4.78, 5) is 19.0. The zero-order valence-electron chi connectivity index (χ0n) is 19.7. The van der Waals surface area contributed by atoms with Crippen LogP contribution in [0.2, 0.25) is 0 Å². The molecule has 35 heavy (non-hydrogen) atoms. The van der Waals surface area contributed by atoms with E-state index in [9.17, 15) is 18.0 Å². The van der Waals surface area contributed by atoms with E-state index in [0.29, 0.717) is 21.2 Å². The summed E-state index contributed by atoms with van der Waals surface area (Å²) in [5.41, 5.74) is 1.58. The predicted octanol–water partition coefficient (Wildman–Crippen LogP) is 4.92. The number of benzene rings is 2. The number of carbonyl (C=O) groups excluding carboxylic acids is 1. The Morgan fingerprint density at radius 3 is 2.71 bits per heavy atom. The van der Waals surface area contributed by atoms with Gasteiger partial charge in [-0.3, -0.25) is 9.48 Å². The maximum absolute atomic E-state index is 13.5. The highest BCUT2D eigenvalue weighted by molar-refractivity contribution is 8.18. The maximum Gasteiger partial charge on any atom is 0.416 e. The Balaban J connectivity index is 1.48. The maximum atomic E-state index is 13.5. The topological polar surface area (TPSA) is 62.5 Å². The number of aryl methyl sites for hydroxylation is 1. The lowest BCUT2D eigenvalue weighted by Crippen LogP contribution is -2.24. The highest BCUT2D eigenvalue weighted by Gasteiger charge is 2.33. The van der Waals surface area contributed by atoms with Crippen molar-refractivity contribution in [2.24, 2.45) is 4.99 Å². The van der Waals surface area contributed by atoms with Crippen LogP contribution in [0.5, 0.6) is 0 Å². The number of alkyl halides is 3. The molecule has 0 saturated carbocycles. The molecule has 2 heterocycles. The van der Waals surface area contributed by atoms with Gasteiger partial charge in [0, 0.05) is 11.9 Å². The third-order valence-electron chi connectivity index (χ3n) is 5.53. The van der Waals surface area contributed by atoms with Crippen LogP contribution < -0.4 is 5.32 Å². The van der Waals surface area contributed by atoms with Gasteiger partial charge in [-0.15, -0.1) is 0 Å². The van der Waals surface area contributed by atoms with E-state index in [1.807, 2.05) is 32.3 Å². The number of carbonyl (C=O) groups is 1. The first kappa shape index (κ1) is 25.0. The number of fused-ring (bicyclic) bond motifs is 1. The number of nitrogens with zero attached hydrogens (tertiary/aromatic N) is 4. The van der Waals surface area contributed by atoms with Gasteiger partial charge >= 0.3 is 6.18 Å². The minimum Gasteiger partial charge on any atom is -0.364 e. The van der Waals surface area contributed by atoms with Crippen LogP contribution in [0.1, 0.15) is 28.7 Å². The molecule has 1 aromatic heterocycles. The summed E-state index contributed by atoms with van der Waals surface area (Å²) >= 11 is 1.30. The SMILES string of the molecule is Cc1ccc(Cn2ncc3cc(/C=C4\SC(NCCCN(C)C)=NC4=O)ccc32)c(C(F)(F)F)c1. The third-order valence-corrected chi connectivity index (χ3v) is 6.47. The summed E-state index contributed by atoms with van der Waals surface area (Å²) in [6.45, 7) is 3.31. The number of hydrogen-bond acceptors (Lipinski definition) is 5. The predicted molar refractivity (Wildman–Crippen MR) is 134 cm³/mol. The van der Waals surface area contributed by atoms with Gasteiger partial charge in [-0.25, -0.2) is 0 Å². The van der Waals surface area contributed by atoms with E-state index in [1.54, 1.807) is 29.9 Å². The zero-order chi connectivity index (χ0) is 25.2. The Labute approximate surface area is 205 Å². The quantitative estimate of drug-likeness (QED) is 0.368. The van der Waals surface area contributed by atoms with Crippen LogP contribution >= 0.6 is 11.8 Å². The number of thioether (sulfide) groups is 1. The first-order valence-corrected chi connectivity index (χ1v) is 12.0. The first-order chi connectivity index (χ1) is 16.6. The zero-order valence-corrected chi connectivity index (χ0v) is 20.5. The first-order valence-electron chi connectivity index (χ1n) is 11.1. The fourth-order valence-corrected chi connectivity index (χ4v) is 4.64. The van der Waals surface area contributed by atoms with Crippen LogP contribution in [0.3, 0.4) is 0 Å². The number of amidine groups is 1. The Morgan fingerprint density at radius 1 is 1.17 bits per heavy atom. The van der Waals surface area contributed by atoms with E-state index in [1.165, 1.54) is 17.8 Å². The molecule has 0 atom stereocenters. The summed E-state index contributed by atoms with van der Waals surface area (Å²) < 4.78 is 42.1. The third kappa shape index (κ3) is 6.12. The van der Waals surface area contributed by atoms with E-state index in [2.05, 4.69) is 20.3 Å². The normalized spacial score (nSPS) is 15.5. The molecule has 2 aromatic carbocycles. The van der Waals surface area contributed by atoms with Crippen molar-refractivity contribution < 1.29 is 18.0 Å². The van der Waals surface area contributed by atoms with Crippen molar-refractivity contribution in [1.29, 1.82) is 0 Å². The van der Waals surface area contributed by atoms with Gasteiger partial charge in [0.2, 0.25) is 0 Å². The van der Waals surface area contributed by atoms with E-state index in [4.69, 9.17) is 0 Å². The molecule has 4 rings (SSSR count). The molecular formula is C25H26F3N5OS. The molecule has 0 spiro atoms. The molecule has 10 heteroatoms. The molecule has 0 fully saturated rings. The highest BCUT2D eigenvalue weighted by Crippen LogP contribution is 2.33. The van der Waals surface area contributed by atoms with Gasteiger partial charge in [-0.2, -0.15) is 23.3 Å². The molecule has 1 N–H and O–H groups in total. The average Bonchev–Trinajstić information content (AvgIpc) is 3.34. The van der Waals surface area contributed by atoms with E-state index < -0.39 is 11.7 Å². The fraction of sp³-hybridized carbons (Fsp3) is 0.320. The van der Waals surface area contributed by atoms with Crippen molar-refractivity contribution in [3.63, 3.8) is 0 Å². The molecule has 0 bridgehead atoms. The lowest BCUT2D eigenvalue weighted by molar-refractivity contribution is -0.138. The molecule has 184 valence electrons. The molecule has 0 unspecified atom stereocenters. The smallest absolute Gasteiger partial charge is 0.364 e. The van der Waals surface area contributed by atoms with Gasteiger partial charge in [-0.1, -0.05) is 23.8 Å². The number of halogens is 3. The lowest BCUT2D eigenvalue weighted by Gasteiger charge is -2.14. The average molecular weight is 502 g/mol. The van der Waals surface area contributed by atoms with Crippen LogP contribution in [0, 0.1) is 6.92 Å². The molecule has 0 saturated heterocycles. The Kier molecular flexibility index (Phi) is 7.32. The van der Waals surface area contributed by atoms with Crippen LogP contribution in [0.25, 0.3) is 17.0 Å². The van der Waals surface area contributed by atoms with Gasteiger partial charge in [0.25, 0.3) is 5.91 Å². The van der Waals surface area contributed by atoms with E-state index in [-0.39, 0.29) is 18.0 Å². The molecule has 3 aromatic rings. The van der Waals surface area contributed by atoms with E-state index >= 15 is 0 Å². The standard InChI is InChI=1S/C25H26F3N5OS/c1-16-5-7-18(20(11-16)25(26,27)28)15-33-21-8-6-17(12-19(21)14-30-33)13-22-23(34)31-24(35-22)29-9-4-10-32(2)3/h5-8,11-14H,4,9-10,15H2,1-3H3,(H,29,31,34)/b22-13-. The molecule has 1 aliphatic heterocycles. The van der Waals surface area contributed by atoms with Gasteiger partial charge in [0.1, 0.15) is 0 Å². The number of amides is 1. The number of rotatable bonds is 7.